The van der Waals surface area contributed by atoms with E-state index in [0.717, 1.165) is 0 Å². The van der Waals surface area contributed by atoms with Gasteiger partial charge in [-0.15, -0.1) is 0 Å². The molecule has 0 aliphatic heterocycles. The molecule has 0 spiro atoms. The van der Waals surface area contributed by atoms with Gasteiger partial charge >= 0.3 is 0 Å². The number of aromatic nitrogens is 1. The molecule has 1 aromatic heterocycles. The third-order valence-corrected chi connectivity index (χ3v) is 2.47. The lowest BCUT2D eigenvalue weighted by Gasteiger charge is -2.24. The van der Waals surface area contributed by atoms with Crippen molar-refractivity contribution in [3.63, 3.8) is 0 Å². The number of carbonyl (C=O) groups excluding carboxylic acids is 2. The fourth-order valence-corrected chi connectivity index (χ4v) is 1.67. The summed E-state index contributed by atoms with van der Waals surface area (Å²) in [6, 6.07) is 1.42. The number of hydrogen-bond donors (Lipinski definition) is 3. The van der Waals surface area contributed by atoms with E-state index in [0.29, 0.717) is 5.69 Å². The summed E-state index contributed by atoms with van der Waals surface area (Å²) in [6.45, 7) is 3.37. The Bertz CT molecular complexity index is 488. The zero-order valence-corrected chi connectivity index (χ0v) is 10.9. The van der Waals surface area contributed by atoms with Crippen LogP contribution in [0.2, 0.25) is 5.15 Å². The molecule has 1 heterocycles. The van der Waals surface area contributed by atoms with Crippen LogP contribution in [0, 0.1) is 0 Å². The van der Waals surface area contributed by atoms with Crippen molar-refractivity contribution in [3.8, 4) is 0 Å². The van der Waals surface area contributed by atoms with Gasteiger partial charge in [-0.25, -0.2) is 4.98 Å². The van der Waals surface area contributed by atoms with Gasteiger partial charge in [-0.1, -0.05) is 11.6 Å². The number of pyridine rings is 1. The van der Waals surface area contributed by atoms with Crippen LogP contribution in [0.25, 0.3) is 0 Å². The van der Waals surface area contributed by atoms with Gasteiger partial charge in [-0.2, -0.15) is 0 Å². The molecule has 1 aromatic rings. The van der Waals surface area contributed by atoms with Crippen LogP contribution in [0.4, 0.5) is 5.69 Å². The zero-order chi connectivity index (χ0) is 13.9. The molecule has 0 atom stereocenters. The summed E-state index contributed by atoms with van der Waals surface area (Å²) in [5, 5.41) is 2.70. The van der Waals surface area contributed by atoms with Gasteiger partial charge in [0.1, 0.15) is 5.15 Å². The first-order valence-corrected chi connectivity index (χ1v) is 5.61. The topological polar surface area (TPSA) is 111 Å². The van der Waals surface area contributed by atoms with Crippen molar-refractivity contribution in [1.82, 2.24) is 10.3 Å². The number of nitrogens with one attached hydrogen (secondary N) is 1. The number of nitrogen functional groups attached to an aromatic ring is 1. The van der Waals surface area contributed by atoms with Gasteiger partial charge in [0.15, 0.2) is 0 Å². The summed E-state index contributed by atoms with van der Waals surface area (Å²) in [7, 11) is 0. The van der Waals surface area contributed by atoms with E-state index in [1.54, 1.807) is 13.8 Å². The van der Waals surface area contributed by atoms with E-state index in [-0.39, 0.29) is 17.1 Å². The van der Waals surface area contributed by atoms with Gasteiger partial charge in [-0.3, -0.25) is 9.59 Å². The molecule has 7 heteroatoms. The largest absolute Gasteiger partial charge is 0.397 e. The van der Waals surface area contributed by atoms with Crippen LogP contribution in [0.1, 0.15) is 30.6 Å². The Morgan fingerprint density at radius 1 is 1.50 bits per heavy atom. The average Bonchev–Trinajstić information content (AvgIpc) is 2.18. The molecule has 6 nitrogen and oxygen atoms in total. The SMILES string of the molecule is CC(C)(CC(N)=O)NC(=O)c1cc(N)cnc1Cl. The third kappa shape index (κ3) is 3.89. The molecule has 0 aliphatic carbocycles. The number of hydrogen-bond acceptors (Lipinski definition) is 4. The van der Waals surface area contributed by atoms with Crippen LogP contribution in [0.3, 0.4) is 0 Å². The van der Waals surface area contributed by atoms with Crippen molar-refractivity contribution in [1.29, 1.82) is 0 Å². The molecule has 1 rings (SSSR count). The summed E-state index contributed by atoms with van der Waals surface area (Å²) in [4.78, 5) is 26.6. The maximum atomic E-state index is 12.0. The standard InChI is InChI=1S/C11H15ClN4O2/c1-11(2,4-8(14)17)16-10(18)7-3-6(13)5-15-9(7)12/h3,5H,4,13H2,1-2H3,(H2,14,17)(H,16,18). The molecule has 2 amide bonds. The number of nitrogens with two attached hydrogens (primary N) is 2. The number of rotatable bonds is 4. The van der Waals surface area contributed by atoms with Gasteiger partial charge < -0.3 is 16.8 Å². The Morgan fingerprint density at radius 3 is 2.67 bits per heavy atom. The lowest BCUT2D eigenvalue weighted by molar-refractivity contribution is -0.119. The summed E-state index contributed by atoms with van der Waals surface area (Å²) in [6.07, 6.45) is 1.37. The highest BCUT2D eigenvalue weighted by molar-refractivity contribution is 6.32. The average molecular weight is 271 g/mol. The van der Waals surface area contributed by atoms with Crippen molar-refractivity contribution in [3.05, 3.63) is 23.0 Å². The fourth-order valence-electron chi connectivity index (χ4n) is 1.48. The molecule has 0 bridgehead atoms. The second-order valence-corrected chi connectivity index (χ2v) is 4.95. The van der Waals surface area contributed by atoms with E-state index in [2.05, 4.69) is 10.3 Å². The van der Waals surface area contributed by atoms with Gasteiger partial charge in [0.25, 0.3) is 5.91 Å². The van der Waals surface area contributed by atoms with Gasteiger partial charge in [0, 0.05) is 12.0 Å². The van der Waals surface area contributed by atoms with Gasteiger partial charge in [0.05, 0.1) is 17.4 Å². The van der Waals surface area contributed by atoms with E-state index >= 15 is 0 Å². The molecule has 0 fully saturated rings. The summed E-state index contributed by atoms with van der Waals surface area (Å²) >= 11 is 5.81. The number of carbonyl (C=O) groups is 2. The second kappa shape index (κ2) is 5.22. The number of anilines is 1. The van der Waals surface area contributed by atoms with E-state index in [1.165, 1.54) is 12.3 Å². The molecule has 0 aromatic carbocycles. The van der Waals surface area contributed by atoms with Crippen LogP contribution in [0.15, 0.2) is 12.3 Å². The summed E-state index contributed by atoms with van der Waals surface area (Å²) < 4.78 is 0. The molecule has 0 radical (unpaired) electrons. The second-order valence-electron chi connectivity index (χ2n) is 4.59. The Morgan fingerprint density at radius 2 is 2.11 bits per heavy atom. The normalized spacial score (nSPS) is 11.1. The van der Waals surface area contributed by atoms with Crippen molar-refractivity contribution in [2.24, 2.45) is 5.73 Å². The highest BCUT2D eigenvalue weighted by Crippen LogP contribution is 2.17. The Labute approximate surface area is 110 Å². The molecule has 18 heavy (non-hydrogen) atoms. The summed E-state index contributed by atoms with van der Waals surface area (Å²) in [5.74, 6) is -0.955. The van der Waals surface area contributed by atoms with Crippen LogP contribution < -0.4 is 16.8 Å². The highest BCUT2D eigenvalue weighted by atomic mass is 35.5. The first-order valence-electron chi connectivity index (χ1n) is 5.23. The number of halogens is 1. The van der Waals surface area contributed by atoms with E-state index < -0.39 is 17.4 Å². The van der Waals surface area contributed by atoms with Crippen molar-refractivity contribution >= 4 is 29.1 Å². The van der Waals surface area contributed by atoms with E-state index in [4.69, 9.17) is 23.1 Å². The van der Waals surface area contributed by atoms with Crippen molar-refractivity contribution in [2.75, 3.05) is 5.73 Å². The molecule has 0 aliphatic rings. The minimum atomic E-state index is -0.767. The van der Waals surface area contributed by atoms with Crippen LogP contribution in [0.5, 0.6) is 0 Å². The Balaban J connectivity index is 2.88. The first kappa shape index (κ1) is 14.2. The number of amides is 2. The minimum Gasteiger partial charge on any atom is -0.397 e. The van der Waals surface area contributed by atoms with Crippen LogP contribution in [-0.4, -0.2) is 22.3 Å². The maximum absolute atomic E-state index is 12.0. The third-order valence-electron chi connectivity index (χ3n) is 2.17. The lowest BCUT2D eigenvalue weighted by atomic mass is 10.00. The van der Waals surface area contributed by atoms with Crippen LogP contribution >= 0.6 is 11.6 Å². The maximum Gasteiger partial charge on any atom is 0.254 e. The monoisotopic (exact) mass is 270 g/mol. The first-order chi connectivity index (χ1) is 8.21. The van der Waals surface area contributed by atoms with E-state index in [9.17, 15) is 9.59 Å². The molecule has 0 unspecified atom stereocenters. The van der Waals surface area contributed by atoms with Gasteiger partial charge in [-0.05, 0) is 19.9 Å². The zero-order valence-electron chi connectivity index (χ0n) is 10.2. The molecule has 0 saturated heterocycles. The number of nitrogens with zero attached hydrogens (tertiary/aromatic N) is 1. The highest BCUT2D eigenvalue weighted by Gasteiger charge is 2.24. The summed E-state index contributed by atoms with van der Waals surface area (Å²) in [5.41, 5.74) is 10.4. The number of primary amides is 1. The van der Waals surface area contributed by atoms with Crippen LogP contribution in [-0.2, 0) is 4.79 Å². The smallest absolute Gasteiger partial charge is 0.254 e. The van der Waals surface area contributed by atoms with Crippen molar-refractivity contribution < 1.29 is 9.59 Å². The molecule has 5 N–H and O–H groups in total. The molecular formula is C11H15ClN4O2. The predicted molar refractivity (Wildman–Crippen MR) is 69.0 cm³/mol. The Hall–Kier alpha value is -1.82. The lowest BCUT2D eigenvalue weighted by Crippen LogP contribution is -2.46. The predicted octanol–water partition coefficient (Wildman–Crippen LogP) is 0.701. The minimum absolute atomic E-state index is 0.0199. The van der Waals surface area contributed by atoms with Crippen molar-refractivity contribution in [2.45, 2.75) is 25.8 Å². The molecule has 0 saturated carbocycles. The van der Waals surface area contributed by atoms with E-state index in [1.807, 2.05) is 0 Å². The fraction of sp³-hybridized carbons (Fsp3) is 0.364. The Kier molecular flexibility index (Phi) is 4.13. The van der Waals surface area contributed by atoms with Gasteiger partial charge in [0.2, 0.25) is 5.91 Å². The molecular weight excluding hydrogens is 256 g/mol. The quantitative estimate of drug-likeness (QED) is 0.699. The molecule has 98 valence electrons.